The molecule has 1 saturated heterocycles. The largest absolute Gasteiger partial charge is 0.315 e. The minimum absolute atomic E-state index is 0.769. The summed E-state index contributed by atoms with van der Waals surface area (Å²) in [4.78, 5) is 2.70. The Balaban J connectivity index is 2.35. The third-order valence-corrected chi connectivity index (χ3v) is 3.97. The Morgan fingerprint density at radius 3 is 2.81 bits per heavy atom. The summed E-state index contributed by atoms with van der Waals surface area (Å²) in [6.07, 6.45) is 6.82. The van der Waals surface area contributed by atoms with Crippen LogP contribution in [0.25, 0.3) is 0 Å². The first-order chi connectivity index (χ1) is 7.77. The van der Waals surface area contributed by atoms with Gasteiger partial charge in [0.1, 0.15) is 0 Å². The van der Waals surface area contributed by atoms with Crippen molar-refractivity contribution in [1.82, 2.24) is 10.2 Å². The standard InChI is InChI=1S/C14H30N2/c1-4-6-7-14(5-2)12-16-11-10-15-9-8-13(16)3/h13-15H,4-12H2,1-3H3. The van der Waals surface area contributed by atoms with Crippen LogP contribution < -0.4 is 5.32 Å². The van der Waals surface area contributed by atoms with E-state index in [4.69, 9.17) is 0 Å². The van der Waals surface area contributed by atoms with Crippen LogP contribution in [0.15, 0.2) is 0 Å². The van der Waals surface area contributed by atoms with Gasteiger partial charge in [-0.2, -0.15) is 0 Å². The second-order valence-corrected chi connectivity index (χ2v) is 5.30. The van der Waals surface area contributed by atoms with Crippen LogP contribution in [0.4, 0.5) is 0 Å². The fraction of sp³-hybridized carbons (Fsp3) is 1.00. The lowest BCUT2D eigenvalue weighted by Gasteiger charge is -2.30. The van der Waals surface area contributed by atoms with Gasteiger partial charge in [-0.15, -0.1) is 0 Å². The van der Waals surface area contributed by atoms with Gasteiger partial charge in [0, 0.05) is 25.7 Å². The van der Waals surface area contributed by atoms with E-state index in [1.165, 1.54) is 58.3 Å². The predicted molar refractivity (Wildman–Crippen MR) is 71.8 cm³/mol. The van der Waals surface area contributed by atoms with Gasteiger partial charge in [-0.3, -0.25) is 4.90 Å². The zero-order valence-corrected chi connectivity index (χ0v) is 11.5. The molecule has 2 nitrogen and oxygen atoms in total. The molecule has 0 saturated carbocycles. The minimum Gasteiger partial charge on any atom is -0.315 e. The first kappa shape index (κ1) is 14.0. The summed E-state index contributed by atoms with van der Waals surface area (Å²) in [5.74, 6) is 0.917. The lowest BCUT2D eigenvalue weighted by molar-refractivity contribution is 0.177. The maximum absolute atomic E-state index is 3.50. The Hall–Kier alpha value is -0.0800. The zero-order chi connectivity index (χ0) is 11.8. The zero-order valence-electron chi connectivity index (χ0n) is 11.5. The van der Waals surface area contributed by atoms with Gasteiger partial charge >= 0.3 is 0 Å². The maximum Gasteiger partial charge on any atom is 0.0110 e. The van der Waals surface area contributed by atoms with Crippen molar-refractivity contribution in [2.75, 3.05) is 26.2 Å². The summed E-state index contributed by atoms with van der Waals surface area (Å²) in [5.41, 5.74) is 0. The van der Waals surface area contributed by atoms with Crippen molar-refractivity contribution in [3.63, 3.8) is 0 Å². The van der Waals surface area contributed by atoms with E-state index >= 15 is 0 Å². The van der Waals surface area contributed by atoms with Crippen molar-refractivity contribution in [1.29, 1.82) is 0 Å². The molecule has 0 aromatic heterocycles. The van der Waals surface area contributed by atoms with Crippen LogP contribution in [0.1, 0.15) is 52.9 Å². The molecule has 1 aliphatic heterocycles. The van der Waals surface area contributed by atoms with Gasteiger partial charge < -0.3 is 5.32 Å². The van der Waals surface area contributed by atoms with Gasteiger partial charge in [-0.25, -0.2) is 0 Å². The third-order valence-electron chi connectivity index (χ3n) is 3.97. The van der Waals surface area contributed by atoms with E-state index in [0.717, 1.165) is 12.0 Å². The molecule has 1 rings (SSSR count). The molecular weight excluding hydrogens is 196 g/mol. The van der Waals surface area contributed by atoms with E-state index in [9.17, 15) is 0 Å². The van der Waals surface area contributed by atoms with Crippen LogP contribution in [0.3, 0.4) is 0 Å². The second kappa shape index (κ2) is 8.08. The smallest absolute Gasteiger partial charge is 0.0110 e. The molecule has 0 radical (unpaired) electrons. The van der Waals surface area contributed by atoms with Gasteiger partial charge in [0.2, 0.25) is 0 Å². The predicted octanol–water partition coefficient (Wildman–Crippen LogP) is 2.89. The van der Waals surface area contributed by atoms with Gasteiger partial charge in [0.25, 0.3) is 0 Å². The second-order valence-electron chi connectivity index (χ2n) is 5.30. The van der Waals surface area contributed by atoms with Crippen LogP contribution >= 0.6 is 0 Å². The lowest BCUT2D eigenvalue weighted by Crippen LogP contribution is -2.38. The normalized spacial score (nSPS) is 25.3. The average Bonchev–Trinajstić information content (AvgIpc) is 2.50. The molecule has 2 unspecified atom stereocenters. The van der Waals surface area contributed by atoms with Crippen LogP contribution in [0.5, 0.6) is 0 Å². The van der Waals surface area contributed by atoms with E-state index in [2.05, 4.69) is 31.0 Å². The highest BCUT2D eigenvalue weighted by Crippen LogP contribution is 2.17. The minimum atomic E-state index is 0.769. The van der Waals surface area contributed by atoms with Gasteiger partial charge in [-0.05, 0) is 32.2 Å². The van der Waals surface area contributed by atoms with E-state index in [1.807, 2.05) is 0 Å². The van der Waals surface area contributed by atoms with Gasteiger partial charge in [-0.1, -0.05) is 33.1 Å². The molecule has 0 amide bonds. The molecular formula is C14H30N2. The van der Waals surface area contributed by atoms with E-state index in [1.54, 1.807) is 0 Å². The Labute approximate surface area is 102 Å². The maximum atomic E-state index is 3.50. The summed E-state index contributed by atoms with van der Waals surface area (Å²) >= 11 is 0. The van der Waals surface area contributed by atoms with Crippen molar-refractivity contribution >= 4 is 0 Å². The number of nitrogens with one attached hydrogen (secondary N) is 1. The molecule has 2 atom stereocenters. The summed E-state index contributed by atoms with van der Waals surface area (Å²) < 4.78 is 0. The molecule has 1 N–H and O–H groups in total. The molecule has 0 aliphatic carbocycles. The fourth-order valence-electron chi connectivity index (χ4n) is 2.58. The monoisotopic (exact) mass is 226 g/mol. The molecule has 0 bridgehead atoms. The first-order valence-electron chi connectivity index (χ1n) is 7.22. The number of unbranched alkanes of at least 4 members (excludes halogenated alkanes) is 1. The molecule has 96 valence electrons. The van der Waals surface area contributed by atoms with Crippen LogP contribution in [0.2, 0.25) is 0 Å². The number of hydrogen-bond acceptors (Lipinski definition) is 2. The molecule has 1 aliphatic rings. The Kier molecular flexibility index (Phi) is 7.06. The van der Waals surface area contributed by atoms with Gasteiger partial charge in [0.15, 0.2) is 0 Å². The molecule has 16 heavy (non-hydrogen) atoms. The molecule has 1 heterocycles. The molecule has 2 heteroatoms. The van der Waals surface area contributed by atoms with Crippen molar-refractivity contribution in [2.45, 2.75) is 58.9 Å². The van der Waals surface area contributed by atoms with Crippen molar-refractivity contribution in [3.05, 3.63) is 0 Å². The summed E-state index contributed by atoms with van der Waals surface area (Å²) in [7, 11) is 0. The topological polar surface area (TPSA) is 15.3 Å². The molecule has 0 aromatic rings. The van der Waals surface area contributed by atoms with E-state index in [-0.39, 0.29) is 0 Å². The molecule has 1 fully saturated rings. The quantitative estimate of drug-likeness (QED) is 0.749. The van der Waals surface area contributed by atoms with Crippen LogP contribution in [-0.2, 0) is 0 Å². The van der Waals surface area contributed by atoms with Crippen LogP contribution in [0, 0.1) is 5.92 Å². The molecule has 0 spiro atoms. The average molecular weight is 226 g/mol. The summed E-state index contributed by atoms with van der Waals surface area (Å²) in [6, 6.07) is 0.769. The summed E-state index contributed by atoms with van der Waals surface area (Å²) in [6.45, 7) is 12.0. The highest BCUT2D eigenvalue weighted by atomic mass is 15.2. The van der Waals surface area contributed by atoms with Crippen molar-refractivity contribution in [2.24, 2.45) is 5.92 Å². The highest BCUT2D eigenvalue weighted by Gasteiger charge is 2.19. The van der Waals surface area contributed by atoms with E-state index < -0.39 is 0 Å². The lowest BCUT2D eigenvalue weighted by atomic mass is 9.98. The summed E-state index contributed by atoms with van der Waals surface area (Å²) in [5, 5.41) is 3.50. The highest BCUT2D eigenvalue weighted by molar-refractivity contribution is 4.75. The SMILES string of the molecule is CCCCC(CC)CN1CCNCCC1C. The van der Waals surface area contributed by atoms with Crippen molar-refractivity contribution < 1.29 is 0 Å². The fourth-order valence-corrected chi connectivity index (χ4v) is 2.58. The Morgan fingerprint density at radius 2 is 2.12 bits per heavy atom. The first-order valence-corrected chi connectivity index (χ1v) is 7.22. The van der Waals surface area contributed by atoms with Gasteiger partial charge in [0.05, 0.1) is 0 Å². The van der Waals surface area contributed by atoms with Crippen LogP contribution in [-0.4, -0.2) is 37.1 Å². The van der Waals surface area contributed by atoms with E-state index in [0.29, 0.717) is 0 Å². The Morgan fingerprint density at radius 1 is 1.31 bits per heavy atom. The van der Waals surface area contributed by atoms with Crippen molar-refractivity contribution in [3.8, 4) is 0 Å². The third kappa shape index (κ3) is 4.84. The molecule has 0 aromatic carbocycles. The number of rotatable bonds is 6. The number of hydrogen-bond donors (Lipinski definition) is 1. The number of nitrogens with zero attached hydrogens (tertiary/aromatic N) is 1. The Bertz CT molecular complexity index is 170.